The summed E-state index contributed by atoms with van der Waals surface area (Å²) in [6, 6.07) is 13.0. The molecular weight excluding hydrogens is 290 g/mol. The number of aryl methyl sites for hydroxylation is 1. The Bertz CT molecular complexity index is 650. The zero-order chi connectivity index (χ0) is 16.7. The Balaban J connectivity index is 2.09. The standard InChI is InChI=1S/C19H23NO3/c1-4-5-6-14-7-9-15(10-8-14)19(21)20-17-12-11-16(22-2)13-18(17)23-3/h7-13H,4-6H2,1-3H3,(H,20,21). The van der Waals surface area contributed by atoms with Gasteiger partial charge in [-0.2, -0.15) is 0 Å². The van der Waals surface area contributed by atoms with Crippen molar-refractivity contribution >= 4 is 11.6 Å². The molecule has 2 aromatic rings. The lowest BCUT2D eigenvalue weighted by Gasteiger charge is -2.12. The number of nitrogens with one attached hydrogen (secondary N) is 1. The van der Waals surface area contributed by atoms with Gasteiger partial charge in [0.1, 0.15) is 11.5 Å². The number of methoxy groups -OCH3 is 2. The fourth-order valence-electron chi connectivity index (χ4n) is 2.30. The Kier molecular flexibility index (Phi) is 6.03. The molecule has 23 heavy (non-hydrogen) atoms. The summed E-state index contributed by atoms with van der Waals surface area (Å²) in [4.78, 5) is 12.4. The number of rotatable bonds is 7. The van der Waals surface area contributed by atoms with Gasteiger partial charge in [-0.05, 0) is 42.7 Å². The van der Waals surface area contributed by atoms with E-state index in [1.54, 1.807) is 32.4 Å². The van der Waals surface area contributed by atoms with Gasteiger partial charge in [0.25, 0.3) is 5.91 Å². The third kappa shape index (κ3) is 4.49. The molecule has 0 unspecified atom stereocenters. The average molecular weight is 313 g/mol. The lowest BCUT2D eigenvalue weighted by Crippen LogP contribution is -2.12. The first-order valence-corrected chi connectivity index (χ1v) is 7.80. The predicted molar refractivity (Wildman–Crippen MR) is 92.6 cm³/mol. The van der Waals surface area contributed by atoms with E-state index in [2.05, 4.69) is 12.2 Å². The normalized spacial score (nSPS) is 10.2. The van der Waals surface area contributed by atoms with Gasteiger partial charge in [0.05, 0.1) is 19.9 Å². The Morgan fingerprint density at radius 2 is 1.78 bits per heavy atom. The van der Waals surface area contributed by atoms with E-state index in [0.717, 1.165) is 12.8 Å². The van der Waals surface area contributed by atoms with E-state index in [9.17, 15) is 4.79 Å². The van der Waals surface area contributed by atoms with Gasteiger partial charge in [0.2, 0.25) is 0 Å². The minimum atomic E-state index is -0.157. The Hall–Kier alpha value is -2.49. The monoisotopic (exact) mass is 313 g/mol. The number of hydrogen-bond donors (Lipinski definition) is 1. The lowest BCUT2D eigenvalue weighted by molar-refractivity contribution is 0.102. The molecule has 0 aliphatic rings. The van der Waals surface area contributed by atoms with Crippen LogP contribution in [0.2, 0.25) is 0 Å². The second-order valence-corrected chi connectivity index (χ2v) is 5.32. The maximum absolute atomic E-state index is 12.4. The zero-order valence-electron chi connectivity index (χ0n) is 13.9. The highest BCUT2D eigenvalue weighted by atomic mass is 16.5. The Morgan fingerprint density at radius 3 is 2.39 bits per heavy atom. The molecule has 1 amide bonds. The quantitative estimate of drug-likeness (QED) is 0.829. The van der Waals surface area contributed by atoms with Crippen LogP contribution in [0.5, 0.6) is 11.5 Å². The van der Waals surface area contributed by atoms with Crippen LogP contribution in [0.15, 0.2) is 42.5 Å². The number of hydrogen-bond acceptors (Lipinski definition) is 3. The summed E-state index contributed by atoms with van der Waals surface area (Å²) in [6.07, 6.45) is 3.37. The smallest absolute Gasteiger partial charge is 0.255 e. The molecule has 0 fully saturated rings. The minimum absolute atomic E-state index is 0.157. The molecule has 0 saturated heterocycles. The first-order valence-electron chi connectivity index (χ1n) is 7.80. The largest absolute Gasteiger partial charge is 0.497 e. The van der Waals surface area contributed by atoms with Crippen LogP contribution in [0, 0.1) is 0 Å². The minimum Gasteiger partial charge on any atom is -0.497 e. The fraction of sp³-hybridized carbons (Fsp3) is 0.316. The molecule has 122 valence electrons. The van der Waals surface area contributed by atoms with E-state index in [4.69, 9.17) is 9.47 Å². The van der Waals surface area contributed by atoms with E-state index in [1.807, 2.05) is 24.3 Å². The summed E-state index contributed by atoms with van der Waals surface area (Å²) in [5.74, 6) is 1.09. The fourth-order valence-corrected chi connectivity index (χ4v) is 2.30. The number of benzene rings is 2. The SMILES string of the molecule is CCCCc1ccc(C(=O)Nc2ccc(OC)cc2OC)cc1. The van der Waals surface area contributed by atoms with E-state index in [1.165, 1.54) is 12.0 Å². The molecule has 0 heterocycles. The molecule has 0 aliphatic carbocycles. The number of amides is 1. The van der Waals surface area contributed by atoms with Crippen molar-refractivity contribution in [1.82, 2.24) is 0 Å². The highest BCUT2D eigenvalue weighted by Gasteiger charge is 2.10. The summed E-state index contributed by atoms with van der Waals surface area (Å²) in [5.41, 5.74) is 2.50. The highest BCUT2D eigenvalue weighted by Crippen LogP contribution is 2.29. The van der Waals surface area contributed by atoms with Crippen molar-refractivity contribution in [3.8, 4) is 11.5 Å². The molecule has 0 aromatic heterocycles. The van der Waals surface area contributed by atoms with Gasteiger partial charge in [0, 0.05) is 11.6 Å². The Labute approximate surface area is 137 Å². The van der Waals surface area contributed by atoms with E-state index in [0.29, 0.717) is 22.7 Å². The van der Waals surface area contributed by atoms with Gasteiger partial charge >= 0.3 is 0 Å². The van der Waals surface area contributed by atoms with Gasteiger partial charge in [-0.1, -0.05) is 25.5 Å². The van der Waals surface area contributed by atoms with Crippen LogP contribution >= 0.6 is 0 Å². The van der Waals surface area contributed by atoms with Crippen molar-refractivity contribution in [2.24, 2.45) is 0 Å². The summed E-state index contributed by atoms with van der Waals surface area (Å²) in [6.45, 7) is 2.17. The molecule has 0 atom stereocenters. The van der Waals surface area contributed by atoms with Crippen molar-refractivity contribution < 1.29 is 14.3 Å². The summed E-state index contributed by atoms with van der Waals surface area (Å²) >= 11 is 0. The third-order valence-corrected chi connectivity index (χ3v) is 3.69. The van der Waals surface area contributed by atoms with Gasteiger partial charge in [-0.3, -0.25) is 4.79 Å². The van der Waals surface area contributed by atoms with Gasteiger partial charge in [-0.25, -0.2) is 0 Å². The van der Waals surface area contributed by atoms with Gasteiger partial charge < -0.3 is 14.8 Å². The number of carbonyl (C=O) groups excluding carboxylic acids is 1. The average Bonchev–Trinajstić information content (AvgIpc) is 2.60. The molecule has 0 spiro atoms. The maximum atomic E-state index is 12.4. The number of carbonyl (C=O) groups is 1. The van der Waals surface area contributed by atoms with E-state index in [-0.39, 0.29) is 5.91 Å². The second-order valence-electron chi connectivity index (χ2n) is 5.32. The zero-order valence-corrected chi connectivity index (χ0v) is 13.9. The van der Waals surface area contributed by atoms with Crippen molar-refractivity contribution in [2.45, 2.75) is 26.2 Å². The number of unbranched alkanes of at least 4 members (excludes halogenated alkanes) is 1. The lowest BCUT2D eigenvalue weighted by atomic mass is 10.1. The molecule has 2 rings (SSSR count). The van der Waals surface area contributed by atoms with Crippen LogP contribution in [-0.4, -0.2) is 20.1 Å². The maximum Gasteiger partial charge on any atom is 0.255 e. The Morgan fingerprint density at radius 1 is 1.04 bits per heavy atom. The van der Waals surface area contributed by atoms with E-state index >= 15 is 0 Å². The molecule has 4 heteroatoms. The van der Waals surface area contributed by atoms with Crippen molar-refractivity contribution in [2.75, 3.05) is 19.5 Å². The molecule has 0 saturated carbocycles. The summed E-state index contributed by atoms with van der Waals surface area (Å²) < 4.78 is 10.4. The third-order valence-electron chi connectivity index (χ3n) is 3.69. The highest BCUT2D eigenvalue weighted by molar-refractivity contribution is 6.05. The van der Waals surface area contributed by atoms with Crippen molar-refractivity contribution in [1.29, 1.82) is 0 Å². The predicted octanol–water partition coefficient (Wildman–Crippen LogP) is 4.30. The van der Waals surface area contributed by atoms with Crippen LogP contribution < -0.4 is 14.8 Å². The van der Waals surface area contributed by atoms with Crippen molar-refractivity contribution in [3.63, 3.8) is 0 Å². The first-order chi connectivity index (χ1) is 11.2. The van der Waals surface area contributed by atoms with Crippen LogP contribution in [0.25, 0.3) is 0 Å². The molecule has 1 N–H and O–H groups in total. The van der Waals surface area contributed by atoms with Crippen molar-refractivity contribution in [3.05, 3.63) is 53.6 Å². The molecular formula is C19H23NO3. The van der Waals surface area contributed by atoms with E-state index < -0.39 is 0 Å². The molecule has 0 aliphatic heterocycles. The molecule has 0 bridgehead atoms. The molecule has 0 radical (unpaired) electrons. The van der Waals surface area contributed by atoms with Crippen LogP contribution in [-0.2, 0) is 6.42 Å². The number of ether oxygens (including phenoxy) is 2. The number of anilines is 1. The van der Waals surface area contributed by atoms with Gasteiger partial charge in [0.15, 0.2) is 0 Å². The molecule has 4 nitrogen and oxygen atoms in total. The summed E-state index contributed by atoms with van der Waals surface area (Å²) in [5, 5.41) is 2.87. The second kappa shape index (κ2) is 8.22. The van der Waals surface area contributed by atoms with Crippen LogP contribution in [0.4, 0.5) is 5.69 Å². The molecule has 2 aromatic carbocycles. The first kappa shape index (κ1) is 16.9. The van der Waals surface area contributed by atoms with Gasteiger partial charge in [-0.15, -0.1) is 0 Å². The topological polar surface area (TPSA) is 47.6 Å². The van der Waals surface area contributed by atoms with Crippen LogP contribution in [0.1, 0.15) is 35.7 Å². The summed E-state index contributed by atoms with van der Waals surface area (Å²) in [7, 11) is 3.15. The van der Waals surface area contributed by atoms with Crippen LogP contribution in [0.3, 0.4) is 0 Å².